The monoisotopic (exact) mass is 359 g/mol. The van der Waals surface area contributed by atoms with E-state index in [1.54, 1.807) is 30.2 Å². The highest BCUT2D eigenvalue weighted by molar-refractivity contribution is 5.78. The summed E-state index contributed by atoms with van der Waals surface area (Å²) in [5.74, 6) is 0.812. The average Bonchev–Trinajstić information content (AvgIpc) is 3.11. The van der Waals surface area contributed by atoms with Gasteiger partial charge in [0.15, 0.2) is 6.61 Å². The summed E-state index contributed by atoms with van der Waals surface area (Å²) in [6, 6.07) is 9.37. The van der Waals surface area contributed by atoms with E-state index >= 15 is 0 Å². The first-order valence-corrected chi connectivity index (χ1v) is 8.66. The maximum absolute atomic E-state index is 12.6. The zero-order valence-corrected chi connectivity index (χ0v) is 15.5. The van der Waals surface area contributed by atoms with Crippen LogP contribution in [0.3, 0.4) is 0 Å². The van der Waals surface area contributed by atoms with Crippen LogP contribution in [0.15, 0.2) is 41.0 Å². The number of nitrogens with zero attached hydrogens (tertiary/aromatic N) is 1. The van der Waals surface area contributed by atoms with Crippen LogP contribution in [0, 0.1) is 13.8 Å². The van der Waals surface area contributed by atoms with Crippen molar-refractivity contribution in [2.45, 2.75) is 33.7 Å². The van der Waals surface area contributed by atoms with Gasteiger partial charge < -0.3 is 18.8 Å². The van der Waals surface area contributed by atoms with Crippen LogP contribution in [0.1, 0.15) is 30.2 Å². The molecule has 1 aromatic carbocycles. The number of carbonyl (C=O) groups is 2. The van der Waals surface area contributed by atoms with Gasteiger partial charge in [0.25, 0.3) is 5.91 Å². The van der Waals surface area contributed by atoms with Gasteiger partial charge in [-0.25, -0.2) is 0 Å². The molecule has 0 N–H and O–H groups in total. The first-order chi connectivity index (χ1) is 12.5. The molecule has 0 atom stereocenters. The van der Waals surface area contributed by atoms with E-state index in [9.17, 15) is 9.59 Å². The summed E-state index contributed by atoms with van der Waals surface area (Å²) in [5.41, 5.74) is 1.95. The lowest BCUT2D eigenvalue weighted by atomic mass is 10.1. The van der Waals surface area contributed by atoms with Crippen LogP contribution in [0.5, 0.6) is 5.75 Å². The fourth-order valence-electron chi connectivity index (χ4n) is 2.59. The van der Waals surface area contributed by atoms with E-state index < -0.39 is 0 Å². The maximum atomic E-state index is 12.6. The van der Waals surface area contributed by atoms with Gasteiger partial charge >= 0.3 is 5.97 Å². The number of carbonyl (C=O) groups excluding carboxylic acids is 2. The van der Waals surface area contributed by atoms with Gasteiger partial charge in [-0.15, -0.1) is 0 Å². The number of furan rings is 1. The zero-order valence-electron chi connectivity index (χ0n) is 15.5. The predicted molar refractivity (Wildman–Crippen MR) is 96.8 cm³/mol. The van der Waals surface area contributed by atoms with Gasteiger partial charge in [0.05, 0.1) is 25.8 Å². The second-order valence-corrected chi connectivity index (χ2v) is 5.96. The smallest absolute Gasteiger partial charge is 0.307 e. The molecule has 2 aromatic rings. The molecule has 0 spiro atoms. The third kappa shape index (κ3) is 5.65. The first kappa shape index (κ1) is 19.6. The van der Waals surface area contributed by atoms with Crippen LogP contribution >= 0.6 is 0 Å². The number of amides is 1. The highest BCUT2D eigenvalue weighted by Crippen LogP contribution is 2.22. The fraction of sp³-hybridized carbons (Fsp3) is 0.400. The molecule has 1 amide bonds. The van der Waals surface area contributed by atoms with Crippen molar-refractivity contribution in [1.29, 1.82) is 0 Å². The number of hydrogen-bond donors (Lipinski definition) is 0. The molecule has 0 aliphatic carbocycles. The summed E-state index contributed by atoms with van der Waals surface area (Å²) < 4.78 is 16.0. The van der Waals surface area contributed by atoms with Crippen molar-refractivity contribution in [1.82, 2.24) is 4.90 Å². The summed E-state index contributed by atoms with van der Waals surface area (Å²) in [7, 11) is 0. The van der Waals surface area contributed by atoms with E-state index in [1.807, 2.05) is 32.0 Å². The van der Waals surface area contributed by atoms with E-state index in [-0.39, 0.29) is 38.0 Å². The summed E-state index contributed by atoms with van der Waals surface area (Å²) in [5, 5.41) is 0. The van der Waals surface area contributed by atoms with Crippen LogP contribution in [0.25, 0.3) is 0 Å². The standard InChI is InChI=1S/C20H25NO5/c1-4-24-19(23)10-11-21(13-17-9-6-12-25-17)18(22)14-26-20-15(2)7-5-8-16(20)3/h5-9,12H,4,10-11,13-14H2,1-3H3. The summed E-state index contributed by atoms with van der Waals surface area (Å²) in [6.45, 7) is 6.37. The van der Waals surface area contributed by atoms with Crippen LogP contribution in [-0.2, 0) is 20.9 Å². The molecule has 0 bridgehead atoms. The van der Waals surface area contributed by atoms with E-state index in [1.165, 1.54) is 0 Å². The quantitative estimate of drug-likeness (QED) is 0.643. The largest absolute Gasteiger partial charge is 0.483 e. The van der Waals surface area contributed by atoms with Crippen LogP contribution in [0.2, 0.25) is 0 Å². The number of ether oxygens (including phenoxy) is 2. The topological polar surface area (TPSA) is 69.0 Å². The first-order valence-electron chi connectivity index (χ1n) is 8.66. The number of aryl methyl sites for hydroxylation is 2. The lowest BCUT2D eigenvalue weighted by Gasteiger charge is -2.22. The van der Waals surface area contributed by atoms with Crippen molar-refractivity contribution in [2.75, 3.05) is 19.8 Å². The molecule has 140 valence electrons. The Labute approximate surface area is 153 Å². The van der Waals surface area contributed by atoms with Crippen molar-refractivity contribution in [2.24, 2.45) is 0 Å². The number of esters is 1. The van der Waals surface area contributed by atoms with Crippen LogP contribution in [-0.4, -0.2) is 36.5 Å². The highest BCUT2D eigenvalue weighted by Gasteiger charge is 2.18. The third-order valence-corrected chi connectivity index (χ3v) is 3.92. The third-order valence-electron chi connectivity index (χ3n) is 3.92. The Balaban J connectivity index is 2.00. The van der Waals surface area contributed by atoms with E-state index in [0.717, 1.165) is 11.1 Å². The van der Waals surface area contributed by atoms with Gasteiger partial charge in [-0.05, 0) is 44.0 Å². The zero-order chi connectivity index (χ0) is 18.9. The minimum Gasteiger partial charge on any atom is -0.483 e. The Morgan fingerprint density at radius 2 is 1.85 bits per heavy atom. The second kappa shape index (κ2) is 9.65. The van der Waals surface area contributed by atoms with Crippen LogP contribution in [0.4, 0.5) is 0 Å². The normalized spacial score (nSPS) is 10.4. The highest BCUT2D eigenvalue weighted by atomic mass is 16.5. The van der Waals surface area contributed by atoms with Crippen molar-refractivity contribution >= 4 is 11.9 Å². The van der Waals surface area contributed by atoms with Crippen LogP contribution < -0.4 is 4.74 Å². The second-order valence-electron chi connectivity index (χ2n) is 5.96. The molecule has 0 unspecified atom stereocenters. The Bertz CT molecular complexity index is 704. The van der Waals surface area contributed by atoms with Crippen molar-refractivity contribution in [3.05, 3.63) is 53.5 Å². The molecular formula is C20H25NO5. The Kier molecular flexibility index (Phi) is 7.26. The molecule has 0 saturated carbocycles. The predicted octanol–water partition coefficient (Wildman–Crippen LogP) is 3.26. The molecule has 0 aliphatic heterocycles. The van der Waals surface area contributed by atoms with E-state index in [0.29, 0.717) is 18.1 Å². The molecule has 2 rings (SSSR count). The lowest BCUT2D eigenvalue weighted by molar-refractivity contribution is -0.144. The molecule has 0 saturated heterocycles. The molecule has 0 radical (unpaired) electrons. The summed E-state index contributed by atoms with van der Waals surface area (Å²) in [6.07, 6.45) is 1.68. The van der Waals surface area contributed by atoms with Gasteiger partial charge in [-0.1, -0.05) is 18.2 Å². The SMILES string of the molecule is CCOC(=O)CCN(Cc1ccco1)C(=O)COc1c(C)cccc1C. The van der Waals surface area contributed by atoms with Gasteiger partial charge in [0, 0.05) is 6.54 Å². The van der Waals surface area contributed by atoms with Gasteiger partial charge in [0.2, 0.25) is 0 Å². The summed E-state index contributed by atoms with van der Waals surface area (Å²) in [4.78, 5) is 25.8. The molecular weight excluding hydrogens is 334 g/mol. The fourth-order valence-corrected chi connectivity index (χ4v) is 2.59. The Morgan fingerprint density at radius 3 is 2.46 bits per heavy atom. The minimum absolute atomic E-state index is 0.102. The van der Waals surface area contributed by atoms with Crippen molar-refractivity contribution < 1.29 is 23.5 Å². The molecule has 26 heavy (non-hydrogen) atoms. The van der Waals surface area contributed by atoms with Gasteiger partial charge in [-0.3, -0.25) is 9.59 Å². The maximum Gasteiger partial charge on any atom is 0.307 e. The molecule has 6 nitrogen and oxygen atoms in total. The average molecular weight is 359 g/mol. The Hall–Kier alpha value is -2.76. The minimum atomic E-state index is -0.333. The lowest BCUT2D eigenvalue weighted by Crippen LogP contribution is -2.36. The number of rotatable bonds is 9. The van der Waals surface area contributed by atoms with Crippen molar-refractivity contribution in [3.8, 4) is 5.75 Å². The molecule has 0 fully saturated rings. The number of benzene rings is 1. The summed E-state index contributed by atoms with van der Waals surface area (Å²) >= 11 is 0. The molecule has 1 aromatic heterocycles. The Morgan fingerprint density at radius 1 is 1.12 bits per heavy atom. The number of para-hydroxylation sites is 1. The number of hydrogen-bond acceptors (Lipinski definition) is 5. The molecule has 1 heterocycles. The molecule has 6 heteroatoms. The van der Waals surface area contributed by atoms with Gasteiger partial charge in [0.1, 0.15) is 11.5 Å². The van der Waals surface area contributed by atoms with Gasteiger partial charge in [-0.2, -0.15) is 0 Å². The van der Waals surface area contributed by atoms with Crippen molar-refractivity contribution in [3.63, 3.8) is 0 Å². The van der Waals surface area contributed by atoms with E-state index in [4.69, 9.17) is 13.9 Å². The van der Waals surface area contributed by atoms with E-state index in [2.05, 4.69) is 0 Å². The molecule has 0 aliphatic rings.